The molecule has 0 radical (unpaired) electrons. The smallest absolute Gasteiger partial charge is 0.288 e. The van der Waals surface area contributed by atoms with Crippen LogP contribution in [0.15, 0.2) is 30.3 Å². The fraction of sp³-hybridized carbons (Fsp3) is 0.400. The van der Waals surface area contributed by atoms with Gasteiger partial charge in [0.15, 0.2) is 0 Å². The monoisotopic (exact) mass is 285 g/mol. The highest BCUT2D eigenvalue weighted by molar-refractivity contribution is 5.90. The second kappa shape index (κ2) is 5.95. The second-order valence-electron chi connectivity index (χ2n) is 5.47. The average molecular weight is 285 g/mol. The SMILES string of the molecule is Nc1n[nH]c(C(=O)NC2CCC(c3ccccc3)CC2)n1. The molecule has 1 fully saturated rings. The minimum atomic E-state index is -0.234. The highest BCUT2D eigenvalue weighted by atomic mass is 16.2. The van der Waals surface area contributed by atoms with E-state index in [1.54, 1.807) is 0 Å². The minimum absolute atomic E-state index is 0.0907. The standard InChI is InChI=1S/C15H19N5O/c16-15-18-13(19-20-15)14(21)17-12-8-6-11(7-9-12)10-4-2-1-3-5-10/h1-5,11-12H,6-9H2,(H,17,21)(H3,16,18,19,20). The van der Waals surface area contributed by atoms with Crippen molar-refractivity contribution in [2.45, 2.75) is 37.6 Å². The Bertz CT molecular complexity index is 602. The molecule has 0 unspecified atom stereocenters. The van der Waals surface area contributed by atoms with Crippen LogP contribution in [0.1, 0.15) is 47.8 Å². The molecule has 0 saturated heterocycles. The maximum Gasteiger partial charge on any atom is 0.288 e. The number of nitrogens with one attached hydrogen (secondary N) is 2. The van der Waals surface area contributed by atoms with Gasteiger partial charge in [-0.25, -0.2) is 0 Å². The lowest BCUT2D eigenvalue weighted by atomic mass is 9.82. The summed E-state index contributed by atoms with van der Waals surface area (Å²) in [5, 5.41) is 9.19. The number of anilines is 1. The predicted octanol–water partition coefficient (Wildman–Crippen LogP) is 1.84. The number of carbonyl (C=O) groups excluding carboxylic acids is 1. The third kappa shape index (κ3) is 3.21. The molecule has 0 spiro atoms. The van der Waals surface area contributed by atoms with Crippen LogP contribution < -0.4 is 11.1 Å². The molecule has 21 heavy (non-hydrogen) atoms. The van der Waals surface area contributed by atoms with Crippen molar-refractivity contribution >= 4 is 11.9 Å². The van der Waals surface area contributed by atoms with Gasteiger partial charge in [0.1, 0.15) is 0 Å². The van der Waals surface area contributed by atoms with Crippen LogP contribution in [0.5, 0.6) is 0 Å². The summed E-state index contributed by atoms with van der Waals surface area (Å²) >= 11 is 0. The van der Waals surface area contributed by atoms with Gasteiger partial charge in [0.05, 0.1) is 0 Å². The summed E-state index contributed by atoms with van der Waals surface area (Å²) in [5.41, 5.74) is 6.79. The van der Waals surface area contributed by atoms with E-state index in [-0.39, 0.29) is 23.7 Å². The van der Waals surface area contributed by atoms with Crippen molar-refractivity contribution in [2.24, 2.45) is 0 Å². The zero-order valence-electron chi connectivity index (χ0n) is 11.7. The van der Waals surface area contributed by atoms with E-state index < -0.39 is 0 Å². The number of aromatic amines is 1. The zero-order valence-corrected chi connectivity index (χ0v) is 11.7. The van der Waals surface area contributed by atoms with Crippen LogP contribution in [0, 0.1) is 0 Å². The molecule has 110 valence electrons. The molecule has 1 saturated carbocycles. The Morgan fingerprint density at radius 1 is 1.19 bits per heavy atom. The quantitative estimate of drug-likeness (QED) is 0.801. The predicted molar refractivity (Wildman–Crippen MR) is 79.7 cm³/mol. The first-order valence-electron chi connectivity index (χ1n) is 7.26. The lowest BCUT2D eigenvalue weighted by molar-refractivity contribution is 0.0915. The van der Waals surface area contributed by atoms with Gasteiger partial charge in [-0.3, -0.25) is 9.89 Å². The Hall–Kier alpha value is -2.37. The van der Waals surface area contributed by atoms with E-state index in [1.165, 1.54) is 5.56 Å². The molecule has 6 nitrogen and oxygen atoms in total. The van der Waals surface area contributed by atoms with Crippen molar-refractivity contribution in [3.63, 3.8) is 0 Å². The first-order chi connectivity index (χ1) is 10.2. The van der Waals surface area contributed by atoms with Crippen molar-refractivity contribution in [2.75, 3.05) is 5.73 Å². The summed E-state index contributed by atoms with van der Waals surface area (Å²) in [5.74, 6) is 0.633. The number of hydrogen-bond acceptors (Lipinski definition) is 4. The van der Waals surface area contributed by atoms with Crippen LogP contribution in [-0.2, 0) is 0 Å². The molecule has 0 atom stereocenters. The molecule has 1 aromatic heterocycles. The Balaban J connectivity index is 1.53. The van der Waals surface area contributed by atoms with Crippen LogP contribution in [0.25, 0.3) is 0 Å². The zero-order chi connectivity index (χ0) is 14.7. The number of hydrogen-bond donors (Lipinski definition) is 3. The number of aromatic nitrogens is 3. The van der Waals surface area contributed by atoms with Crippen molar-refractivity contribution in [1.29, 1.82) is 0 Å². The molecule has 3 rings (SSSR count). The van der Waals surface area contributed by atoms with Crippen molar-refractivity contribution in [3.8, 4) is 0 Å². The highest BCUT2D eigenvalue weighted by Crippen LogP contribution is 2.32. The van der Waals surface area contributed by atoms with E-state index >= 15 is 0 Å². The number of benzene rings is 1. The summed E-state index contributed by atoms with van der Waals surface area (Å²) in [6.07, 6.45) is 4.14. The second-order valence-corrected chi connectivity index (χ2v) is 5.47. The fourth-order valence-electron chi connectivity index (χ4n) is 2.93. The molecule has 2 aromatic rings. The van der Waals surface area contributed by atoms with Gasteiger partial charge in [-0.2, -0.15) is 4.98 Å². The summed E-state index contributed by atoms with van der Waals surface area (Å²) in [4.78, 5) is 15.8. The average Bonchev–Trinajstić information content (AvgIpc) is 2.96. The van der Waals surface area contributed by atoms with Crippen molar-refractivity contribution in [1.82, 2.24) is 20.5 Å². The number of nitrogens with two attached hydrogens (primary N) is 1. The molecule has 6 heteroatoms. The van der Waals surface area contributed by atoms with Crippen molar-refractivity contribution < 1.29 is 4.79 Å². The van der Waals surface area contributed by atoms with E-state index in [9.17, 15) is 4.79 Å². The lowest BCUT2D eigenvalue weighted by Gasteiger charge is -2.29. The number of amides is 1. The first kappa shape index (κ1) is 13.6. The largest absolute Gasteiger partial charge is 0.366 e. The summed E-state index contributed by atoms with van der Waals surface area (Å²) in [6, 6.07) is 10.8. The molecule has 1 aliphatic carbocycles. The van der Waals surface area contributed by atoms with Gasteiger partial charge >= 0.3 is 0 Å². The molecular weight excluding hydrogens is 266 g/mol. The van der Waals surface area contributed by atoms with E-state index in [0.29, 0.717) is 5.92 Å². The summed E-state index contributed by atoms with van der Waals surface area (Å²) in [6.45, 7) is 0. The number of carbonyl (C=O) groups is 1. The van der Waals surface area contributed by atoms with Gasteiger partial charge in [0.2, 0.25) is 11.8 Å². The number of nitrogens with zero attached hydrogens (tertiary/aromatic N) is 2. The van der Waals surface area contributed by atoms with Crippen molar-refractivity contribution in [3.05, 3.63) is 41.7 Å². The normalized spacial score (nSPS) is 21.9. The maximum atomic E-state index is 12.0. The van der Waals surface area contributed by atoms with Crippen LogP contribution >= 0.6 is 0 Å². The van der Waals surface area contributed by atoms with Crippen LogP contribution in [-0.4, -0.2) is 27.1 Å². The molecule has 1 heterocycles. The van der Waals surface area contributed by atoms with Gasteiger partial charge in [-0.05, 0) is 37.2 Å². The first-order valence-corrected chi connectivity index (χ1v) is 7.26. The van der Waals surface area contributed by atoms with Gasteiger partial charge in [0.25, 0.3) is 5.91 Å². The molecule has 1 aliphatic rings. The third-order valence-electron chi connectivity index (χ3n) is 4.05. The number of rotatable bonds is 3. The Morgan fingerprint density at radius 3 is 2.52 bits per heavy atom. The summed E-state index contributed by atoms with van der Waals surface area (Å²) in [7, 11) is 0. The van der Waals surface area contributed by atoms with E-state index in [1.807, 2.05) is 6.07 Å². The third-order valence-corrected chi connectivity index (χ3v) is 4.05. The number of H-pyrrole nitrogens is 1. The van der Waals surface area contributed by atoms with E-state index in [2.05, 4.69) is 44.8 Å². The fourth-order valence-corrected chi connectivity index (χ4v) is 2.93. The molecule has 1 aromatic carbocycles. The van der Waals surface area contributed by atoms with Crippen LogP contribution in [0.2, 0.25) is 0 Å². The Morgan fingerprint density at radius 2 is 1.90 bits per heavy atom. The lowest BCUT2D eigenvalue weighted by Crippen LogP contribution is -2.37. The highest BCUT2D eigenvalue weighted by Gasteiger charge is 2.24. The molecule has 1 amide bonds. The topological polar surface area (TPSA) is 96.7 Å². The summed E-state index contributed by atoms with van der Waals surface area (Å²) < 4.78 is 0. The molecule has 0 aliphatic heterocycles. The van der Waals surface area contributed by atoms with Crippen LogP contribution in [0.4, 0.5) is 5.95 Å². The Labute approximate surface area is 123 Å². The van der Waals surface area contributed by atoms with Gasteiger partial charge in [-0.1, -0.05) is 30.3 Å². The molecular formula is C15H19N5O. The molecule has 0 bridgehead atoms. The van der Waals surface area contributed by atoms with Gasteiger partial charge < -0.3 is 11.1 Å². The molecule has 4 N–H and O–H groups in total. The number of nitrogen functional groups attached to an aromatic ring is 1. The van der Waals surface area contributed by atoms with Gasteiger partial charge in [-0.15, -0.1) is 5.10 Å². The maximum absolute atomic E-state index is 12.0. The van der Waals surface area contributed by atoms with Gasteiger partial charge in [0, 0.05) is 6.04 Å². The minimum Gasteiger partial charge on any atom is -0.366 e. The van der Waals surface area contributed by atoms with E-state index in [4.69, 9.17) is 5.73 Å². The Kier molecular flexibility index (Phi) is 3.85. The van der Waals surface area contributed by atoms with Crippen LogP contribution in [0.3, 0.4) is 0 Å². The van der Waals surface area contributed by atoms with E-state index in [0.717, 1.165) is 25.7 Å².